The van der Waals surface area contributed by atoms with Gasteiger partial charge in [0.1, 0.15) is 11.4 Å². The van der Waals surface area contributed by atoms with Gasteiger partial charge < -0.3 is 15.4 Å². The Bertz CT molecular complexity index is 529. The van der Waals surface area contributed by atoms with Crippen molar-refractivity contribution in [3.05, 3.63) is 23.4 Å². The van der Waals surface area contributed by atoms with Crippen LogP contribution >= 0.6 is 0 Å². The molecule has 0 radical (unpaired) electrons. The minimum Gasteiger partial charge on any atom is -0.444 e. The van der Waals surface area contributed by atoms with E-state index in [1.54, 1.807) is 4.90 Å². The Morgan fingerprint density at radius 2 is 2.05 bits per heavy atom. The molecule has 0 unspecified atom stereocenters. The maximum Gasteiger partial charge on any atom is 0.410 e. The minimum atomic E-state index is -0.440. The molecule has 2 N–H and O–H groups in total. The van der Waals surface area contributed by atoms with Crippen LogP contribution in [-0.4, -0.2) is 34.7 Å². The van der Waals surface area contributed by atoms with E-state index in [0.29, 0.717) is 11.7 Å². The highest BCUT2D eigenvalue weighted by molar-refractivity contribution is 5.68. The van der Waals surface area contributed by atoms with Gasteiger partial charge in [0, 0.05) is 19.3 Å². The molecule has 1 aliphatic heterocycles. The summed E-state index contributed by atoms with van der Waals surface area (Å²) in [6.45, 7) is 9.27. The molecule has 1 amide bonds. The van der Waals surface area contributed by atoms with Gasteiger partial charge in [-0.2, -0.15) is 0 Å². The zero-order valence-electron chi connectivity index (χ0n) is 14.1. The topological polar surface area (TPSA) is 68.5 Å². The lowest BCUT2D eigenvalue weighted by atomic mass is 9.87. The molecule has 1 fully saturated rings. The largest absolute Gasteiger partial charge is 0.444 e. The number of hydrogen-bond donors (Lipinski definition) is 1. The quantitative estimate of drug-likeness (QED) is 0.910. The van der Waals surface area contributed by atoms with E-state index in [4.69, 9.17) is 10.5 Å². The van der Waals surface area contributed by atoms with Crippen LogP contribution in [0.1, 0.15) is 57.6 Å². The van der Waals surface area contributed by atoms with Crippen LogP contribution in [0.5, 0.6) is 0 Å². The summed E-state index contributed by atoms with van der Waals surface area (Å²) in [4.78, 5) is 18.1. The summed E-state index contributed by atoms with van der Waals surface area (Å²) < 4.78 is 5.44. The number of rotatable bonds is 2. The Balaban J connectivity index is 1.99. The molecule has 1 aromatic heterocycles. The van der Waals surface area contributed by atoms with Crippen molar-refractivity contribution in [2.45, 2.75) is 58.5 Å². The summed E-state index contributed by atoms with van der Waals surface area (Å²) in [5.41, 5.74) is 7.88. The molecule has 2 rings (SSSR count). The summed E-state index contributed by atoms with van der Waals surface area (Å²) in [5, 5.41) is 0. The molecule has 2 heterocycles. The van der Waals surface area contributed by atoms with Crippen LogP contribution in [-0.2, 0) is 11.2 Å². The second-order valence-corrected chi connectivity index (χ2v) is 6.90. The third-order valence-corrected chi connectivity index (χ3v) is 4.01. The van der Waals surface area contributed by atoms with E-state index in [1.165, 1.54) is 11.1 Å². The van der Waals surface area contributed by atoms with E-state index in [1.807, 2.05) is 33.0 Å². The maximum atomic E-state index is 12.1. The number of carbonyl (C=O) groups excluding carboxylic acids is 1. The number of hydrogen-bond acceptors (Lipinski definition) is 4. The molecule has 0 bridgehead atoms. The van der Waals surface area contributed by atoms with Crippen LogP contribution < -0.4 is 5.73 Å². The number of piperidine rings is 1. The van der Waals surface area contributed by atoms with Gasteiger partial charge in [-0.15, -0.1) is 0 Å². The van der Waals surface area contributed by atoms with Crippen molar-refractivity contribution < 1.29 is 9.53 Å². The molecule has 0 atom stereocenters. The van der Waals surface area contributed by atoms with Gasteiger partial charge in [0.15, 0.2) is 0 Å². The van der Waals surface area contributed by atoms with Crippen molar-refractivity contribution in [1.29, 1.82) is 0 Å². The predicted molar refractivity (Wildman–Crippen MR) is 87.8 cm³/mol. The molecule has 1 aromatic rings. The number of likely N-dealkylation sites (tertiary alicyclic amines) is 1. The molecule has 0 saturated carbocycles. The number of anilines is 1. The maximum absolute atomic E-state index is 12.1. The average molecular weight is 305 g/mol. The van der Waals surface area contributed by atoms with E-state index in [-0.39, 0.29) is 6.09 Å². The molecule has 0 aliphatic carbocycles. The molecule has 0 spiro atoms. The zero-order chi connectivity index (χ0) is 16.3. The first-order chi connectivity index (χ1) is 10.3. The van der Waals surface area contributed by atoms with Gasteiger partial charge in [0.05, 0.1) is 0 Å². The van der Waals surface area contributed by atoms with Gasteiger partial charge in [-0.3, -0.25) is 0 Å². The van der Waals surface area contributed by atoms with Crippen molar-refractivity contribution >= 4 is 11.9 Å². The van der Waals surface area contributed by atoms with Crippen LogP contribution in [0.15, 0.2) is 12.3 Å². The Morgan fingerprint density at radius 1 is 1.41 bits per heavy atom. The van der Waals surface area contributed by atoms with E-state index >= 15 is 0 Å². The van der Waals surface area contributed by atoms with Crippen LogP contribution in [0, 0.1) is 0 Å². The van der Waals surface area contributed by atoms with Crippen molar-refractivity contribution in [2.24, 2.45) is 0 Å². The highest BCUT2D eigenvalue weighted by atomic mass is 16.6. The number of amides is 1. The highest BCUT2D eigenvalue weighted by Crippen LogP contribution is 2.31. The third-order valence-electron chi connectivity index (χ3n) is 4.01. The molecule has 1 aliphatic rings. The second kappa shape index (κ2) is 6.55. The molecule has 1 saturated heterocycles. The number of nitrogens with zero attached hydrogens (tertiary/aromatic N) is 2. The first-order valence-corrected chi connectivity index (χ1v) is 8.02. The van der Waals surface area contributed by atoms with Gasteiger partial charge >= 0.3 is 6.09 Å². The lowest BCUT2D eigenvalue weighted by Crippen LogP contribution is -2.41. The third kappa shape index (κ3) is 4.12. The standard InChI is InChI=1S/C17H27N3O2/c1-5-12-10-15(18)19-11-14(12)13-6-8-20(9-7-13)16(21)22-17(2,3)4/h10-11,13H,5-9H2,1-4H3,(H2,18,19). The van der Waals surface area contributed by atoms with Crippen molar-refractivity contribution in [1.82, 2.24) is 9.88 Å². The van der Waals surface area contributed by atoms with Crippen molar-refractivity contribution in [3.8, 4) is 0 Å². The second-order valence-electron chi connectivity index (χ2n) is 6.90. The summed E-state index contributed by atoms with van der Waals surface area (Å²) in [6, 6.07) is 1.97. The van der Waals surface area contributed by atoms with E-state index in [0.717, 1.165) is 32.4 Å². The van der Waals surface area contributed by atoms with Crippen LogP contribution in [0.2, 0.25) is 0 Å². The molecule has 5 heteroatoms. The smallest absolute Gasteiger partial charge is 0.410 e. The Hall–Kier alpha value is -1.78. The number of carbonyl (C=O) groups is 1. The molecular formula is C17H27N3O2. The summed E-state index contributed by atoms with van der Waals surface area (Å²) >= 11 is 0. The van der Waals surface area contributed by atoms with Crippen LogP contribution in [0.4, 0.5) is 10.6 Å². The number of aromatic nitrogens is 1. The fourth-order valence-corrected chi connectivity index (χ4v) is 2.90. The molecule has 0 aromatic carbocycles. The first kappa shape index (κ1) is 16.6. The minimum absolute atomic E-state index is 0.211. The lowest BCUT2D eigenvalue weighted by molar-refractivity contribution is 0.0204. The number of ether oxygens (including phenoxy) is 1. The first-order valence-electron chi connectivity index (χ1n) is 8.02. The molecule has 22 heavy (non-hydrogen) atoms. The van der Waals surface area contributed by atoms with Crippen molar-refractivity contribution in [3.63, 3.8) is 0 Å². The Kier molecular flexibility index (Phi) is 4.94. The van der Waals surface area contributed by atoms with Gasteiger partial charge in [0.25, 0.3) is 0 Å². The van der Waals surface area contributed by atoms with Gasteiger partial charge in [0.2, 0.25) is 0 Å². The molecular weight excluding hydrogens is 278 g/mol. The highest BCUT2D eigenvalue weighted by Gasteiger charge is 2.28. The number of nitrogen functional groups attached to an aromatic ring is 1. The van der Waals surface area contributed by atoms with Gasteiger partial charge in [-0.05, 0) is 63.1 Å². The average Bonchev–Trinajstić information content (AvgIpc) is 2.45. The monoisotopic (exact) mass is 305 g/mol. The zero-order valence-corrected chi connectivity index (χ0v) is 14.1. The summed E-state index contributed by atoms with van der Waals surface area (Å²) in [5.74, 6) is 1.02. The van der Waals surface area contributed by atoms with Gasteiger partial charge in [-0.1, -0.05) is 6.92 Å². The fourth-order valence-electron chi connectivity index (χ4n) is 2.90. The number of pyridine rings is 1. The Labute approximate surface area is 132 Å². The summed E-state index contributed by atoms with van der Waals surface area (Å²) in [6.07, 6.45) is 4.53. The van der Waals surface area contributed by atoms with E-state index in [2.05, 4.69) is 11.9 Å². The molecule has 122 valence electrons. The van der Waals surface area contributed by atoms with E-state index < -0.39 is 5.60 Å². The number of aryl methyl sites for hydroxylation is 1. The predicted octanol–water partition coefficient (Wildman–Crippen LogP) is 3.34. The van der Waals surface area contributed by atoms with Crippen molar-refractivity contribution in [2.75, 3.05) is 18.8 Å². The Morgan fingerprint density at radius 3 is 2.59 bits per heavy atom. The lowest BCUT2D eigenvalue weighted by Gasteiger charge is -2.34. The normalized spacial score (nSPS) is 16.6. The molecule has 5 nitrogen and oxygen atoms in total. The SMILES string of the molecule is CCc1cc(N)ncc1C1CCN(C(=O)OC(C)(C)C)CC1. The van der Waals surface area contributed by atoms with Crippen LogP contribution in [0.3, 0.4) is 0 Å². The number of nitrogens with two attached hydrogens (primary N) is 1. The van der Waals surface area contributed by atoms with E-state index in [9.17, 15) is 4.79 Å². The summed E-state index contributed by atoms with van der Waals surface area (Å²) in [7, 11) is 0. The van der Waals surface area contributed by atoms with Gasteiger partial charge in [-0.25, -0.2) is 9.78 Å². The fraction of sp³-hybridized carbons (Fsp3) is 0.647. The van der Waals surface area contributed by atoms with Crippen LogP contribution in [0.25, 0.3) is 0 Å².